The van der Waals surface area contributed by atoms with E-state index < -0.39 is 0 Å². The second-order valence-electron chi connectivity index (χ2n) is 9.14. The minimum Gasteiger partial charge on any atom is -0.372 e. The van der Waals surface area contributed by atoms with E-state index in [9.17, 15) is 9.59 Å². The van der Waals surface area contributed by atoms with E-state index in [1.807, 2.05) is 85.7 Å². The first-order valence-corrected chi connectivity index (χ1v) is 12.8. The van der Waals surface area contributed by atoms with E-state index in [-0.39, 0.29) is 24.0 Å². The molecule has 1 fully saturated rings. The van der Waals surface area contributed by atoms with Crippen LogP contribution in [0.1, 0.15) is 50.7 Å². The Kier molecular flexibility index (Phi) is 6.71. The number of amides is 2. The lowest BCUT2D eigenvalue weighted by Gasteiger charge is -2.35. The van der Waals surface area contributed by atoms with Crippen molar-refractivity contribution in [2.75, 3.05) is 18.4 Å². The summed E-state index contributed by atoms with van der Waals surface area (Å²) in [5.41, 5.74) is 4.55. The molecule has 3 heterocycles. The van der Waals surface area contributed by atoms with Crippen LogP contribution in [0.15, 0.2) is 53.9 Å². The number of rotatable bonds is 5. The van der Waals surface area contributed by atoms with Gasteiger partial charge in [0, 0.05) is 29.7 Å². The maximum atomic E-state index is 13.3. The smallest absolute Gasteiger partial charge is 0.266 e. The van der Waals surface area contributed by atoms with Gasteiger partial charge in [-0.1, -0.05) is 30.3 Å². The van der Waals surface area contributed by atoms with Crippen LogP contribution in [0.3, 0.4) is 0 Å². The third-order valence-electron chi connectivity index (χ3n) is 6.24. The van der Waals surface area contributed by atoms with Crippen LogP contribution in [-0.2, 0) is 4.74 Å². The number of fused-ring (bicyclic) bond motifs is 1. The van der Waals surface area contributed by atoms with Gasteiger partial charge in [0.05, 0.1) is 28.3 Å². The number of carbonyl (C=O) groups excluding carboxylic acids is 2. The fraction of sp³-hybridized carbons (Fsp3) is 0.250. The Morgan fingerprint density at radius 2 is 1.89 bits per heavy atom. The molecule has 0 aliphatic carbocycles. The molecule has 184 valence electrons. The number of morpholine rings is 1. The van der Waals surface area contributed by atoms with Crippen molar-refractivity contribution in [1.82, 2.24) is 15.1 Å². The molecule has 0 radical (unpaired) electrons. The molecule has 1 saturated heterocycles. The Morgan fingerprint density at radius 1 is 1.11 bits per heavy atom. The zero-order chi connectivity index (χ0) is 25.2. The molecule has 2 N–H and O–H groups in total. The second kappa shape index (κ2) is 10.1. The Hall–Kier alpha value is -3.75. The minimum absolute atomic E-state index is 0.0236. The molecule has 36 heavy (non-hydrogen) atoms. The van der Waals surface area contributed by atoms with Crippen LogP contribution in [0.2, 0.25) is 0 Å². The van der Waals surface area contributed by atoms with Crippen molar-refractivity contribution in [2.24, 2.45) is 0 Å². The second-order valence-corrected chi connectivity index (χ2v) is 10.1. The molecule has 2 aromatic carbocycles. The van der Waals surface area contributed by atoms with E-state index in [1.165, 1.54) is 11.3 Å². The number of nitrogens with one attached hydrogen (secondary N) is 2. The molecular weight excluding hydrogens is 472 g/mol. The van der Waals surface area contributed by atoms with Gasteiger partial charge >= 0.3 is 0 Å². The Bertz CT molecular complexity index is 1440. The van der Waals surface area contributed by atoms with Crippen LogP contribution in [-0.4, -0.2) is 52.2 Å². The summed E-state index contributed by atoms with van der Waals surface area (Å²) in [5.74, 6) is -0.269. The van der Waals surface area contributed by atoms with Gasteiger partial charge in [-0.05, 0) is 67.6 Å². The van der Waals surface area contributed by atoms with E-state index in [0.29, 0.717) is 29.2 Å². The van der Waals surface area contributed by atoms with Crippen molar-refractivity contribution in [1.29, 1.82) is 0 Å². The van der Waals surface area contributed by atoms with Gasteiger partial charge in [-0.15, -0.1) is 11.3 Å². The molecule has 1 aliphatic rings. The number of benzene rings is 2. The van der Waals surface area contributed by atoms with Gasteiger partial charge < -0.3 is 15.0 Å². The highest BCUT2D eigenvalue weighted by Gasteiger charge is 2.27. The number of ether oxygens (including phenoxy) is 1. The van der Waals surface area contributed by atoms with Gasteiger partial charge in [0.2, 0.25) is 0 Å². The van der Waals surface area contributed by atoms with Gasteiger partial charge in [-0.2, -0.15) is 5.10 Å². The van der Waals surface area contributed by atoms with E-state index in [0.717, 1.165) is 27.7 Å². The lowest BCUT2D eigenvalue weighted by molar-refractivity contribution is -0.0586. The predicted molar refractivity (Wildman–Crippen MR) is 144 cm³/mol. The number of hydrogen-bond acceptors (Lipinski definition) is 5. The number of hydrogen-bond donors (Lipinski definition) is 2. The highest BCUT2D eigenvalue weighted by Crippen LogP contribution is 2.26. The quantitative estimate of drug-likeness (QED) is 0.373. The summed E-state index contributed by atoms with van der Waals surface area (Å²) in [6, 6.07) is 15.3. The SMILES string of the molecule is Cc1ccsc1C(=O)Nc1cc(C(=O)N2C[C@@H](C)O[C@@H](C)C2)ccc1C=Cc1n[nH]c2ccccc12. The number of aromatic amines is 1. The standard InChI is InChI=1S/C28H28N4O3S/c1-17-12-13-36-26(17)27(33)29-25-14-21(28(34)32-15-18(2)35-19(3)16-32)9-8-20(25)10-11-24-22-6-4-5-7-23(22)30-31-24/h4-14,18-19H,15-16H2,1-3H3,(H,29,33)(H,30,31)/t18-,19+. The molecule has 0 bridgehead atoms. The first-order valence-electron chi connectivity index (χ1n) is 11.9. The maximum absolute atomic E-state index is 13.3. The molecule has 2 amide bonds. The van der Waals surface area contributed by atoms with Crippen molar-refractivity contribution in [2.45, 2.75) is 33.0 Å². The lowest BCUT2D eigenvalue weighted by Crippen LogP contribution is -2.48. The first-order chi connectivity index (χ1) is 17.4. The van der Waals surface area contributed by atoms with Crippen LogP contribution in [0.5, 0.6) is 0 Å². The number of aromatic nitrogens is 2. The fourth-order valence-electron chi connectivity index (χ4n) is 4.53. The van der Waals surface area contributed by atoms with Crippen molar-refractivity contribution >= 4 is 51.9 Å². The molecule has 0 unspecified atom stereocenters. The summed E-state index contributed by atoms with van der Waals surface area (Å²) >= 11 is 1.40. The zero-order valence-electron chi connectivity index (χ0n) is 20.4. The predicted octanol–water partition coefficient (Wildman–Crippen LogP) is 5.60. The molecule has 7 nitrogen and oxygen atoms in total. The third kappa shape index (κ3) is 4.96. The maximum Gasteiger partial charge on any atom is 0.266 e. The van der Waals surface area contributed by atoms with Crippen LogP contribution in [0, 0.1) is 6.92 Å². The Balaban J connectivity index is 1.48. The first kappa shape index (κ1) is 24.0. The Labute approximate surface area is 213 Å². The highest BCUT2D eigenvalue weighted by molar-refractivity contribution is 7.12. The average Bonchev–Trinajstić information content (AvgIpc) is 3.48. The fourth-order valence-corrected chi connectivity index (χ4v) is 5.35. The summed E-state index contributed by atoms with van der Waals surface area (Å²) in [5, 5.41) is 13.4. The van der Waals surface area contributed by atoms with E-state index in [2.05, 4.69) is 15.5 Å². The number of carbonyl (C=O) groups is 2. The topological polar surface area (TPSA) is 87.3 Å². The molecule has 4 aromatic rings. The van der Waals surface area contributed by atoms with Crippen molar-refractivity contribution in [3.8, 4) is 0 Å². The van der Waals surface area contributed by atoms with Crippen LogP contribution < -0.4 is 5.32 Å². The molecule has 0 spiro atoms. The number of anilines is 1. The number of nitrogens with zero attached hydrogens (tertiary/aromatic N) is 2. The van der Waals surface area contributed by atoms with Crippen molar-refractivity contribution in [3.05, 3.63) is 81.2 Å². The van der Waals surface area contributed by atoms with Gasteiger partial charge in [0.15, 0.2) is 0 Å². The summed E-state index contributed by atoms with van der Waals surface area (Å²) in [4.78, 5) is 28.9. The van der Waals surface area contributed by atoms with E-state index >= 15 is 0 Å². The van der Waals surface area contributed by atoms with Gasteiger partial charge in [-0.3, -0.25) is 14.7 Å². The number of para-hydroxylation sites is 1. The molecular formula is C28H28N4O3S. The van der Waals surface area contributed by atoms with Crippen LogP contribution >= 0.6 is 11.3 Å². The molecule has 1 aliphatic heterocycles. The lowest BCUT2D eigenvalue weighted by atomic mass is 10.1. The number of H-pyrrole nitrogens is 1. The summed E-state index contributed by atoms with van der Waals surface area (Å²) < 4.78 is 5.78. The van der Waals surface area contributed by atoms with Crippen LogP contribution in [0.4, 0.5) is 5.69 Å². The Morgan fingerprint density at radius 3 is 2.64 bits per heavy atom. The highest BCUT2D eigenvalue weighted by atomic mass is 32.1. The van der Waals surface area contributed by atoms with Crippen molar-refractivity contribution < 1.29 is 14.3 Å². The van der Waals surface area contributed by atoms with Crippen LogP contribution in [0.25, 0.3) is 23.1 Å². The van der Waals surface area contributed by atoms with Crippen molar-refractivity contribution in [3.63, 3.8) is 0 Å². The molecule has 5 rings (SSSR count). The molecule has 8 heteroatoms. The summed E-state index contributed by atoms with van der Waals surface area (Å²) in [6.45, 7) is 6.92. The number of aryl methyl sites for hydroxylation is 1. The monoisotopic (exact) mass is 500 g/mol. The van der Waals surface area contributed by atoms with Gasteiger partial charge in [0.1, 0.15) is 0 Å². The largest absolute Gasteiger partial charge is 0.372 e. The minimum atomic E-state index is -0.194. The van der Waals surface area contributed by atoms with E-state index in [1.54, 1.807) is 6.07 Å². The summed E-state index contributed by atoms with van der Waals surface area (Å²) in [7, 11) is 0. The normalized spacial score (nSPS) is 18.1. The molecule has 2 aromatic heterocycles. The average molecular weight is 501 g/mol. The number of thiophene rings is 1. The third-order valence-corrected chi connectivity index (χ3v) is 7.26. The van der Waals surface area contributed by atoms with Gasteiger partial charge in [-0.25, -0.2) is 0 Å². The molecule has 2 atom stereocenters. The summed E-state index contributed by atoms with van der Waals surface area (Å²) in [6.07, 6.45) is 3.77. The van der Waals surface area contributed by atoms with E-state index in [4.69, 9.17) is 4.74 Å². The molecule has 0 saturated carbocycles. The van der Waals surface area contributed by atoms with Gasteiger partial charge in [0.25, 0.3) is 11.8 Å². The zero-order valence-corrected chi connectivity index (χ0v) is 21.3.